The van der Waals surface area contributed by atoms with Crippen molar-refractivity contribution >= 4 is 22.0 Å². The molecule has 6 atom stereocenters. The lowest BCUT2D eigenvalue weighted by atomic mass is 9.92. The van der Waals surface area contributed by atoms with Crippen LogP contribution >= 0.6 is 0 Å². The molecule has 2 saturated carbocycles. The van der Waals surface area contributed by atoms with Crippen LogP contribution in [0.1, 0.15) is 26.7 Å². The summed E-state index contributed by atoms with van der Waals surface area (Å²) in [4.78, 5) is 23.6. The van der Waals surface area contributed by atoms with Gasteiger partial charge in [0.05, 0.1) is 11.3 Å². The van der Waals surface area contributed by atoms with Gasteiger partial charge < -0.3 is 9.47 Å². The van der Waals surface area contributed by atoms with E-state index in [1.54, 1.807) is 7.05 Å². The van der Waals surface area contributed by atoms with Crippen LogP contribution in [0.4, 0.5) is 0 Å². The van der Waals surface area contributed by atoms with Crippen LogP contribution in [0.2, 0.25) is 0 Å². The Hall–Kier alpha value is -1.41. The van der Waals surface area contributed by atoms with Crippen molar-refractivity contribution in [3.8, 4) is 0 Å². The van der Waals surface area contributed by atoms with E-state index in [1.807, 2.05) is 0 Å². The molecule has 6 unspecified atom stereocenters. The minimum absolute atomic E-state index is 0.0288. The Morgan fingerprint density at radius 2 is 1.96 bits per heavy atom. The number of esters is 2. The molecule has 0 radical (unpaired) electrons. The molecule has 0 N–H and O–H groups in total. The summed E-state index contributed by atoms with van der Waals surface area (Å²) in [6.07, 6.45) is -0.211. The number of nitrogens with zero attached hydrogens (tertiary/aromatic N) is 1. The maximum absolute atomic E-state index is 12.3. The Morgan fingerprint density at radius 3 is 2.57 bits per heavy atom. The smallest absolute Gasteiger partial charge is 0.347 e. The first-order valence-electron chi connectivity index (χ1n) is 7.68. The number of ether oxygens (including phenoxy) is 2. The highest BCUT2D eigenvalue weighted by molar-refractivity contribution is 7.90. The van der Waals surface area contributed by atoms with E-state index < -0.39 is 34.2 Å². The van der Waals surface area contributed by atoms with Gasteiger partial charge in [-0.05, 0) is 38.5 Å². The lowest BCUT2D eigenvalue weighted by molar-refractivity contribution is -0.171. The van der Waals surface area contributed by atoms with Crippen molar-refractivity contribution < 1.29 is 27.5 Å². The first-order valence-corrected chi connectivity index (χ1v) is 9.18. The zero-order valence-electron chi connectivity index (χ0n) is 13.4. The van der Waals surface area contributed by atoms with E-state index in [0.717, 1.165) is 6.42 Å². The van der Waals surface area contributed by atoms with Crippen molar-refractivity contribution in [2.24, 2.45) is 11.8 Å². The largest absolute Gasteiger partial charge is 0.458 e. The van der Waals surface area contributed by atoms with E-state index in [1.165, 1.54) is 18.2 Å². The summed E-state index contributed by atoms with van der Waals surface area (Å²) in [6.45, 7) is 6.39. The lowest BCUT2D eigenvalue weighted by Crippen LogP contribution is -2.44. The summed E-state index contributed by atoms with van der Waals surface area (Å²) >= 11 is 0. The summed E-state index contributed by atoms with van der Waals surface area (Å²) in [5.74, 6) is -1.21. The molecule has 0 aromatic rings. The van der Waals surface area contributed by atoms with Crippen molar-refractivity contribution in [3.05, 3.63) is 12.2 Å². The predicted molar refractivity (Wildman–Crippen MR) is 80.7 cm³/mol. The first-order chi connectivity index (χ1) is 10.6. The number of carbonyl (C=O) groups is 2. The third kappa shape index (κ3) is 2.39. The fourth-order valence-corrected chi connectivity index (χ4v) is 6.38. The summed E-state index contributed by atoms with van der Waals surface area (Å²) in [7, 11) is -1.74. The van der Waals surface area contributed by atoms with E-state index in [9.17, 15) is 18.0 Å². The second-order valence-electron chi connectivity index (χ2n) is 6.71. The fourth-order valence-electron chi connectivity index (χ4n) is 4.13. The predicted octanol–water partition coefficient (Wildman–Crippen LogP) is 0.458. The number of sulfonamides is 1. The monoisotopic (exact) mass is 343 g/mol. The Morgan fingerprint density at radius 1 is 1.30 bits per heavy atom. The van der Waals surface area contributed by atoms with Gasteiger partial charge in [-0.3, -0.25) is 0 Å². The highest BCUT2D eigenvalue weighted by atomic mass is 32.2. The van der Waals surface area contributed by atoms with Crippen LogP contribution in [0.5, 0.6) is 0 Å². The maximum Gasteiger partial charge on any atom is 0.347 e. The third-order valence-electron chi connectivity index (χ3n) is 5.25. The Balaban J connectivity index is 1.69. The Bertz CT molecular complexity index is 671. The summed E-state index contributed by atoms with van der Waals surface area (Å²) in [6, 6.07) is -0.295. The average Bonchev–Trinajstić information content (AvgIpc) is 3.07. The van der Waals surface area contributed by atoms with Gasteiger partial charge in [-0.1, -0.05) is 6.58 Å². The van der Waals surface area contributed by atoms with E-state index in [2.05, 4.69) is 6.58 Å². The van der Waals surface area contributed by atoms with Gasteiger partial charge in [-0.25, -0.2) is 18.0 Å². The van der Waals surface area contributed by atoms with Crippen LogP contribution in [0.25, 0.3) is 0 Å². The third-order valence-corrected chi connectivity index (χ3v) is 7.60. The standard InChI is InChI=1S/C15H21NO6S/c1-7(2)14(17)21-8(3)15(18)22-13-9-5-10-11(6-9)23(19,20)16(4)12(10)13/h8-13H,1,5-6H2,2-4H3. The number of hydrogen-bond donors (Lipinski definition) is 0. The van der Waals surface area contributed by atoms with Gasteiger partial charge in [0.1, 0.15) is 6.10 Å². The molecule has 0 aromatic heterocycles. The Labute approximate surface area is 135 Å². The highest BCUT2D eigenvalue weighted by Gasteiger charge is 2.66. The Kier molecular flexibility index (Phi) is 3.79. The number of carbonyl (C=O) groups excluding carboxylic acids is 2. The number of fused-ring (bicyclic) bond motifs is 1. The SMILES string of the molecule is C=C(C)C(=O)OC(C)C(=O)OC1C2CC3C1N(C)S(=O)(=O)C3C2. The normalized spacial score (nSPS) is 38.3. The molecular weight excluding hydrogens is 322 g/mol. The minimum Gasteiger partial charge on any atom is -0.458 e. The second-order valence-corrected chi connectivity index (χ2v) is 8.93. The number of rotatable bonds is 4. The van der Waals surface area contributed by atoms with Gasteiger partial charge >= 0.3 is 11.9 Å². The molecule has 3 rings (SSSR count). The molecule has 128 valence electrons. The number of hydrogen-bond acceptors (Lipinski definition) is 6. The molecule has 2 aliphatic carbocycles. The zero-order chi connectivity index (χ0) is 17.1. The van der Waals surface area contributed by atoms with E-state index in [0.29, 0.717) is 6.42 Å². The lowest BCUT2D eigenvalue weighted by Gasteiger charge is -2.29. The molecule has 0 spiro atoms. The van der Waals surface area contributed by atoms with Gasteiger partial charge in [0.2, 0.25) is 10.0 Å². The summed E-state index contributed by atoms with van der Waals surface area (Å²) in [5, 5.41) is -0.337. The van der Waals surface area contributed by atoms with Crippen molar-refractivity contribution in [2.75, 3.05) is 7.05 Å². The summed E-state index contributed by atoms with van der Waals surface area (Å²) in [5.41, 5.74) is 0.203. The molecule has 23 heavy (non-hydrogen) atoms. The van der Waals surface area contributed by atoms with Crippen molar-refractivity contribution in [1.82, 2.24) is 4.31 Å². The van der Waals surface area contributed by atoms with Crippen LogP contribution in [0.3, 0.4) is 0 Å². The molecule has 1 heterocycles. The van der Waals surface area contributed by atoms with Crippen molar-refractivity contribution in [2.45, 2.75) is 50.2 Å². The van der Waals surface area contributed by atoms with Crippen LogP contribution in [-0.2, 0) is 29.1 Å². The second kappa shape index (κ2) is 5.31. The van der Waals surface area contributed by atoms with E-state index in [4.69, 9.17) is 9.47 Å². The maximum atomic E-state index is 12.3. The first kappa shape index (κ1) is 16.4. The molecule has 8 heteroatoms. The van der Waals surface area contributed by atoms with E-state index >= 15 is 0 Å². The van der Waals surface area contributed by atoms with Crippen LogP contribution < -0.4 is 0 Å². The molecule has 3 fully saturated rings. The molecule has 1 aliphatic heterocycles. The van der Waals surface area contributed by atoms with Gasteiger partial charge in [0, 0.05) is 12.6 Å². The fraction of sp³-hybridized carbons (Fsp3) is 0.733. The highest BCUT2D eigenvalue weighted by Crippen LogP contribution is 2.56. The topological polar surface area (TPSA) is 90.0 Å². The van der Waals surface area contributed by atoms with Crippen LogP contribution in [-0.4, -0.2) is 55.2 Å². The van der Waals surface area contributed by atoms with Crippen molar-refractivity contribution in [3.63, 3.8) is 0 Å². The van der Waals surface area contributed by atoms with Crippen molar-refractivity contribution in [1.29, 1.82) is 0 Å². The quantitative estimate of drug-likeness (QED) is 0.544. The molecule has 3 aliphatic rings. The minimum atomic E-state index is -3.28. The average molecular weight is 343 g/mol. The van der Waals surface area contributed by atoms with E-state index in [-0.39, 0.29) is 28.7 Å². The molecule has 0 aromatic carbocycles. The molecule has 1 saturated heterocycles. The van der Waals surface area contributed by atoms with Crippen LogP contribution in [0.15, 0.2) is 12.2 Å². The molecule has 2 bridgehead atoms. The van der Waals surface area contributed by atoms with Gasteiger partial charge in [-0.2, -0.15) is 4.31 Å². The summed E-state index contributed by atoms with van der Waals surface area (Å²) < 4.78 is 36.5. The van der Waals surface area contributed by atoms with Gasteiger partial charge in [0.15, 0.2) is 6.10 Å². The van der Waals surface area contributed by atoms with Crippen LogP contribution in [0, 0.1) is 11.8 Å². The zero-order valence-corrected chi connectivity index (χ0v) is 14.2. The number of likely N-dealkylation sites (N-methyl/N-ethyl adjacent to an activating group) is 1. The van der Waals surface area contributed by atoms with Gasteiger partial charge in [0.25, 0.3) is 0 Å². The molecule has 0 amide bonds. The molecular formula is C15H21NO6S. The van der Waals surface area contributed by atoms with Gasteiger partial charge in [-0.15, -0.1) is 0 Å². The molecule has 7 nitrogen and oxygen atoms in total.